The van der Waals surface area contributed by atoms with Gasteiger partial charge in [0.15, 0.2) is 0 Å². The maximum absolute atomic E-state index is 5.72. The summed E-state index contributed by atoms with van der Waals surface area (Å²) in [5.74, 6) is 0.731. The van der Waals surface area contributed by atoms with Crippen molar-refractivity contribution in [3.05, 3.63) is 0 Å². The van der Waals surface area contributed by atoms with Gasteiger partial charge in [-0.2, -0.15) is 0 Å². The highest BCUT2D eigenvalue weighted by Gasteiger charge is 2.21. The van der Waals surface area contributed by atoms with Crippen molar-refractivity contribution in [2.75, 3.05) is 52.6 Å². The Morgan fingerprint density at radius 2 is 2.21 bits per heavy atom. The van der Waals surface area contributed by atoms with Crippen LogP contribution in [0, 0.1) is 5.92 Å². The highest BCUT2D eigenvalue weighted by molar-refractivity contribution is 4.77. The van der Waals surface area contributed by atoms with Crippen molar-refractivity contribution >= 4 is 0 Å². The predicted octanol–water partition coefficient (Wildman–Crippen LogP) is 1.75. The summed E-state index contributed by atoms with van der Waals surface area (Å²) in [4.78, 5) is 2.50. The fourth-order valence-electron chi connectivity index (χ4n) is 2.22. The van der Waals surface area contributed by atoms with Crippen LogP contribution in [0.4, 0.5) is 0 Å². The highest BCUT2D eigenvalue weighted by atomic mass is 16.5. The molecular formula is C15H32N2O2. The van der Waals surface area contributed by atoms with E-state index in [1.54, 1.807) is 0 Å². The van der Waals surface area contributed by atoms with E-state index in [9.17, 15) is 0 Å². The van der Waals surface area contributed by atoms with Crippen LogP contribution in [0.1, 0.15) is 33.6 Å². The van der Waals surface area contributed by atoms with Gasteiger partial charge >= 0.3 is 0 Å². The van der Waals surface area contributed by atoms with Gasteiger partial charge in [0, 0.05) is 32.3 Å². The molecule has 0 aliphatic carbocycles. The van der Waals surface area contributed by atoms with Gasteiger partial charge in [0.2, 0.25) is 0 Å². The first-order chi connectivity index (χ1) is 9.24. The van der Waals surface area contributed by atoms with Crippen LogP contribution in [0.5, 0.6) is 0 Å². The van der Waals surface area contributed by atoms with Crippen LogP contribution in [0.15, 0.2) is 0 Å². The third-order valence-electron chi connectivity index (χ3n) is 3.52. The van der Waals surface area contributed by atoms with Crippen LogP contribution < -0.4 is 5.32 Å². The Bertz CT molecular complexity index is 212. The fraction of sp³-hybridized carbons (Fsp3) is 1.00. The zero-order valence-electron chi connectivity index (χ0n) is 13.0. The largest absolute Gasteiger partial charge is 0.380 e. The second-order valence-electron chi connectivity index (χ2n) is 5.76. The second-order valence-corrected chi connectivity index (χ2v) is 5.76. The molecule has 1 N–H and O–H groups in total. The molecule has 1 unspecified atom stereocenters. The normalized spacial score (nSPS) is 21.2. The number of hydrogen-bond donors (Lipinski definition) is 1. The Balaban J connectivity index is 2.13. The topological polar surface area (TPSA) is 33.7 Å². The SMILES string of the molecule is CCCNCC1COCCN1CCOCCC(C)C. The molecule has 0 radical (unpaired) electrons. The average molecular weight is 272 g/mol. The lowest BCUT2D eigenvalue weighted by Crippen LogP contribution is -2.51. The number of nitrogens with zero attached hydrogens (tertiary/aromatic N) is 1. The van der Waals surface area contributed by atoms with E-state index in [1.165, 1.54) is 6.42 Å². The fourth-order valence-corrected chi connectivity index (χ4v) is 2.22. The van der Waals surface area contributed by atoms with E-state index in [-0.39, 0.29) is 0 Å². The van der Waals surface area contributed by atoms with E-state index in [2.05, 4.69) is 31.0 Å². The van der Waals surface area contributed by atoms with Gasteiger partial charge in [-0.05, 0) is 25.3 Å². The summed E-state index contributed by atoms with van der Waals surface area (Å²) < 4.78 is 11.3. The van der Waals surface area contributed by atoms with Gasteiger partial charge in [0.1, 0.15) is 0 Å². The molecule has 19 heavy (non-hydrogen) atoms. The summed E-state index contributed by atoms with van der Waals surface area (Å²) in [6.45, 7) is 14.3. The van der Waals surface area contributed by atoms with Gasteiger partial charge in [-0.3, -0.25) is 4.90 Å². The molecule has 0 aromatic heterocycles. The maximum Gasteiger partial charge on any atom is 0.0634 e. The number of hydrogen-bond acceptors (Lipinski definition) is 4. The van der Waals surface area contributed by atoms with Crippen LogP contribution in [0.2, 0.25) is 0 Å². The van der Waals surface area contributed by atoms with Gasteiger partial charge in [-0.25, -0.2) is 0 Å². The Morgan fingerprint density at radius 3 is 2.95 bits per heavy atom. The molecule has 4 heteroatoms. The first-order valence-electron chi connectivity index (χ1n) is 7.84. The minimum absolute atomic E-state index is 0.508. The summed E-state index contributed by atoms with van der Waals surface area (Å²) in [5, 5.41) is 3.49. The van der Waals surface area contributed by atoms with Crippen LogP contribution >= 0.6 is 0 Å². The molecule has 1 fully saturated rings. The molecule has 1 rings (SSSR count). The molecule has 1 aliphatic heterocycles. The van der Waals surface area contributed by atoms with E-state index in [4.69, 9.17) is 9.47 Å². The zero-order valence-corrected chi connectivity index (χ0v) is 13.0. The van der Waals surface area contributed by atoms with Gasteiger partial charge in [-0.15, -0.1) is 0 Å². The molecule has 1 heterocycles. The molecule has 0 bridgehead atoms. The van der Waals surface area contributed by atoms with Gasteiger partial charge in [-0.1, -0.05) is 20.8 Å². The molecular weight excluding hydrogens is 240 g/mol. The summed E-state index contributed by atoms with van der Waals surface area (Å²) in [6, 6.07) is 0.508. The van der Waals surface area contributed by atoms with Gasteiger partial charge in [0.25, 0.3) is 0 Å². The standard InChI is InChI=1S/C15H32N2O2/c1-4-6-16-12-15-13-19-11-8-17(15)7-10-18-9-5-14(2)3/h14-16H,4-13H2,1-3H3. The number of rotatable bonds is 10. The Kier molecular flexibility index (Phi) is 9.43. The number of nitrogens with one attached hydrogen (secondary N) is 1. The summed E-state index contributed by atoms with van der Waals surface area (Å²) in [6.07, 6.45) is 2.34. The number of morpholine rings is 1. The van der Waals surface area contributed by atoms with Crippen molar-refractivity contribution in [3.8, 4) is 0 Å². The van der Waals surface area contributed by atoms with E-state index in [1.807, 2.05) is 0 Å². The van der Waals surface area contributed by atoms with E-state index >= 15 is 0 Å². The molecule has 0 amide bonds. The lowest BCUT2D eigenvalue weighted by Gasteiger charge is -2.35. The molecule has 0 spiro atoms. The first-order valence-corrected chi connectivity index (χ1v) is 7.84. The van der Waals surface area contributed by atoms with Crippen LogP contribution in [0.3, 0.4) is 0 Å². The average Bonchev–Trinajstić information content (AvgIpc) is 2.40. The minimum atomic E-state index is 0.508. The monoisotopic (exact) mass is 272 g/mol. The van der Waals surface area contributed by atoms with Crippen LogP contribution in [-0.4, -0.2) is 63.5 Å². The molecule has 0 saturated carbocycles. The Hall–Kier alpha value is -0.160. The number of ether oxygens (including phenoxy) is 2. The quantitative estimate of drug-likeness (QED) is 0.614. The molecule has 1 aliphatic rings. The molecule has 1 atom stereocenters. The Morgan fingerprint density at radius 1 is 1.37 bits per heavy atom. The van der Waals surface area contributed by atoms with Crippen molar-refractivity contribution in [2.45, 2.75) is 39.7 Å². The summed E-state index contributed by atoms with van der Waals surface area (Å²) in [7, 11) is 0. The molecule has 114 valence electrons. The molecule has 0 aromatic rings. The maximum atomic E-state index is 5.72. The molecule has 4 nitrogen and oxygen atoms in total. The zero-order chi connectivity index (χ0) is 13.9. The molecule has 1 saturated heterocycles. The van der Waals surface area contributed by atoms with Crippen molar-refractivity contribution in [2.24, 2.45) is 5.92 Å². The van der Waals surface area contributed by atoms with Crippen molar-refractivity contribution in [1.29, 1.82) is 0 Å². The predicted molar refractivity (Wildman–Crippen MR) is 79.6 cm³/mol. The van der Waals surface area contributed by atoms with Crippen molar-refractivity contribution in [1.82, 2.24) is 10.2 Å². The lowest BCUT2D eigenvalue weighted by atomic mass is 10.1. The minimum Gasteiger partial charge on any atom is -0.380 e. The second kappa shape index (κ2) is 10.6. The summed E-state index contributed by atoms with van der Waals surface area (Å²) >= 11 is 0. The third kappa shape index (κ3) is 7.88. The van der Waals surface area contributed by atoms with Crippen LogP contribution in [-0.2, 0) is 9.47 Å². The van der Waals surface area contributed by atoms with Crippen molar-refractivity contribution in [3.63, 3.8) is 0 Å². The summed E-state index contributed by atoms with van der Waals surface area (Å²) in [5.41, 5.74) is 0. The lowest BCUT2D eigenvalue weighted by molar-refractivity contribution is -0.0200. The smallest absolute Gasteiger partial charge is 0.0634 e. The third-order valence-corrected chi connectivity index (χ3v) is 3.52. The Labute approximate surface area is 118 Å². The highest BCUT2D eigenvalue weighted by Crippen LogP contribution is 2.06. The molecule has 0 aromatic carbocycles. The van der Waals surface area contributed by atoms with Gasteiger partial charge < -0.3 is 14.8 Å². The van der Waals surface area contributed by atoms with E-state index < -0.39 is 0 Å². The van der Waals surface area contributed by atoms with E-state index in [0.717, 1.165) is 64.9 Å². The first kappa shape index (κ1) is 16.9. The van der Waals surface area contributed by atoms with Gasteiger partial charge in [0.05, 0.1) is 19.8 Å². The van der Waals surface area contributed by atoms with E-state index in [0.29, 0.717) is 6.04 Å². The van der Waals surface area contributed by atoms with Crippen molar-refractivity contribution < 1.29 is 9.47 Å². The van der Waals surface area contributed by atoms with Crippen LogP contribution in [0.25, 0.3) is 0 Å².